The minimum absolute atomic E-state index is 0.00919. The van der Waals surface area contributed by atoms with Crippen LogP contribution in [0.1, 0.15) is 24.4 Å². The van der Waals surface area contributed by atoms with Crippen LogP contribution < -0.4 is 15.5 Å². The number of carbonyl (C=O) groups is 1. The van der Waals surface area contributed by atoms with Crippen molar-refractivity contribution >= 4 is 44.4 Å². The molecule has 1 aromatic carbocycles. The minimum atomic E-state index is 0.00919. The highest BCUT2D eigenvalue weighted by Crippen LogP contribution is 2.28. The number of halogens is 1. The van der Waals surface area contributed by atoms with Gasteiger partial charge in [-0.2, -0.15) is 0 Å². The first kappa shape index (κ1) is 18.6. The Morgan fingerprint density at radius 3 is 2.93 bits per heavy atom. The summed E-state index contributed by atoms with van der Waals surface area (Å²) in [5, 5.41) is 7.24. The molecule has 0 unspecified atom stereocenters. The molecule has 144 valence electrons. The van der Waals surface area contributed by atoms with Gasteiger partial charge in [0.25, 0.3) is 0 Å². The van der Waals surface area contributed by atoms with Gasteiger partial charge in [-0.3, -0.25) is 4.79 Å². The number of nitrogens with one attached hydrogen (secondary N) is 2. The van der Waals surface area contributed by atoms with E-state index in [0.29, 0.717) is 18.9 Å². The zero-order valence-corrected chi connectivity index (χ0v) is 17.3. The van der Waals surface area contributed by atoms with Crippen LogP contribution in [0.2, 0.25) is 0 Å². The number of anilines is 2. The van der Waals surface area contributed by atoms with Gasteiger partial charge in [-0.15, -0.1) is 0 Å². The highest BCUT2D eigenvalue weighted by Gasteiger charge is 2.19. The first-order chi connectivity index (χ1) is 13.5. The van der Waals surface area contributed by atoms with E-state index in [-0.39, 0.29) is 11.9 Å². The molecule has 0 spiro atoms. The third-order valence-electron chi connectivity index (χ3n) is 4.74. The van der Waals surface area contributed by atoms with Gasteiger partial charge in [0.05, 0.1) is 24.3 Å². The van der Waals surface area contributed by atoms with E-state index < -0.39 is 0 Å². The molecule has 0 saturated carbocycles. The van der Waals surface area contributed by atoms with Crippen molar-refractivity contribution in [1.29, 1.82) is 0 Å². The maximum Gasteiger partial charge on any atom is 0.239 e. The van der Waals surface area contributed by atoms with E-state index in [4.69, 9.17) is 0 Å². The Labute approximate surface area is 171 Å². The van der Waals surface area contributed by atoms with Crippen molar-refractivity contribution in [2.75, 3.05) is 29.9 Å². The topological polar surface area (TPSA) is 83.0 Å². The fraction of sp³-hybridized carbons (Fsp3) is 0.300. The van der Waals surface area contributed by atoms with Crippen LogP contribution in [0.15, 0.2) is 41.0 Å². The Kier molecular flexibility index (Phi) is 5.13. The summed E-state index contributed by atoms with van der Waals surface area (Å²) in [6.45, 7) is 5.63. The molecule has 7 nitrogen and oxygen atoms in total. The van der Waals surface area contributed by atoms with Gasteiger partial charge in [-0.25, -0.2) is 15.0 Å². The molecule has 4 rings (SSSR count). The summed E-state index contributed by atoms with van der Waals surface area (Å²) in [7, 11) is 0. The first-order valence-electron chi connectivity index (χ1n) is 9.17. The van der Waals surface area contributed by atoms with Crippen molar-refractivity contribution in [3.63, 3.8) is 0 Å². The number of piperazine rings is 1. The third-order valence-corrected chi connectivity index (χ3v) is 5.24. The average molecular weight is 441 g/mol. The van der Waals surface area contributed by atoms with Gasteiger partial charge in [0, 0.05) is 22.9 Å². The summed E-state index contributed by atoms with van der Waals surface area (Å²) in [5.41, 5.74) is 1.93. The van der Waals surface area contributed by atoms with Crippen LogP contribution in [-0.4, -0.2) is 40.5 Å². The lowest BCUT2D eigenvalue weighted by Crippen LogP contribution is -2.48. The number of nitrogens with zero attached hydrogens (tertiary/aromatic N) is 4. The van der Waals surface area contributed by atoms with Gasteiger partial charge < -0.3 is 15.5 Å². The summed E-state index contributed by atoms with van der Waals surface area (Å²) in [6.07, 6.45) is 1.75. The van der Waals surface area contributed by atoms with Crippen LogP contribution in [0.5, 0.6) is 0 Å². The Hall–Kier alpha value is -2.74. The number of aryl methyl sites for hydroxylation is 1. The molecule has 0 radical (unpaired) electrons. The van der Waals surface area contributed by atoms with Crippen molar-refractivity contribution < 1.29 is 4.79 Å². The Morgan fingerprint density at radius 1 is 1.29 bits per heavy atom. The highest BCUT2D eigenvalue weighted by molar-refractivity contribution is 9.10. The number of amides is 1. The van der Waals surface area contributed by atoms with Crippen molar-refractivity contribution in [3.8, 4) is 0 Å². The summed E-state index contributed by atoms with van der Waals surface area (Å²) in [5.74, 6) is 2.21. The van der Waals surface area contributed by atoms with Gasteiger partial charge in [0.15, 0.2) is 0 Å². The number of pyridine rings is 1. The second-order valence-electron chi connectivity index (χ2n) is 6.87. The highest BCUT2D eigenvalue weighted by atomic mass is 79.9. The van der Waals surface area contributed by atoms with Crippen LogP contribution in [0, 0.1) is 6.92 Å². The maximum atomic E-state index is 11.7. The lowest BCUT2D eigenvalue weighted by molar-refractivity contribution is -0.120. The number of benzene rings is 1. The number of fused-ring (bicyclic) bond motifs is 1. The fourth-order valence-corrected chi connectivity index (χ4v) is 3.74. The molecule has 1 aliphatic heterocycles. The van der Waals surface area contributed by atoms with Crippen LogP contribution in [0.3, 0.4) is 0 Å². The second kappa shape index (κ2) is 7.71. The quantitative estimate of drug-likeness (QED) is 0.647. The van der Waals surface area contributed by atoms with E-state index in [9.17, 15) is 4.79 Å². The average Bonchev–Trinajstić information content (AvgIpc) is 2.67. The number of rotatable bonds is 4. The van der Waals surface area contributed by atoms with Gasteiger partial charge in [0.2, 0.25) is 5.91 Å². The maximum absolute atomic E-state index is 11.7. The molecule has 1 saturated heterocycles. The van der Waals surface area contributed by atoms with Gasteiger partial charge in [0.1, 0.15) is 17.5 Å². The molecule has 2 N–H and O–H groups in total. The molecular weight excluding hydrogens is 420 g/mol. The monoisotopic (exact) mass is 440 g/mol. The molecule has 3 heterocycles. The second-order valence-corrected chi connectivity index (χ2v) is 7.79. The molecule has 1 amide bonds. The summed E-state index contributed by atoms with van der Waals surface area (Å²) < 4.78 is 1.04. The Bertz CT molecular complexity index is 1040. The molecule has 2 aromatic heterocycles. The van der Waals surface area contributed by atoms with E-state index in [1.807, 2.05) is 30.0 Å². The van der Waals surface area contributed by atoms with Crippen molar-refractivity contribution in [3.05, 3.63) is 52.4 Å². The van der Waals surface area contributed by atoms with Crippen molar-refractivity contribution in [2.45, 2.75) is 19.9 Å². The molecule has 0 bridgehead atoms. The first-order valence-corrected chi connectivity index (χ1v) is 9.97. The number of hydrogen-bond acceptors (Lipinski definition) is 6. The SMILES string of the molecule is Cc1nc(N[C@H](C)c2cccc(Br)c2)c2cc(N3CCNC(=O)C3)ncc2n1. The standard InChI is InChI=1S/C20H21BrN6O/c1-12(14-4-3-5-15(21)8-14)24-20-16-9-18(27-7-6-22-19(28)11-27)23-10-17(16)25-13(2)26-20/h3-5,8-10,12H,6-7,11H2,1-2H3,(H,22,28)(H,24,25,26)/t12-/m1/s1. The number of aromatic nitrogens is 3. The van der Waals surface area contributed by atoms with Gasteiger partial charge in [-0.1, -0.05) is 28.1 Å². The lowest BCUT2D eigenvalue weighted by atomic mass is 10.1. The molecule has 3 aromatic rings. The molecular formula is C20H21BrN6O. The van der Waals surface area contributed by atoms with Crippen molar-refractivity contribution in [2.24, 2.45) is 0 Å². The van der Waals surface area contributed by atoms with E-state index in [2.05, 4.69) is 60.6 Å². The molecule has 0 aliphatic carbocycles. The molecule has 28 heavy (non-hydrogen) atoms. The van der Waals surface area contributed by atoms with Crippen LogP contribution in [0.4, 0.5) is 11.6 Å². The molecule has 1 fully saturated rings. The summed E-state index contributed by atoms with van der Waals surface area (Å²) >= 11 is 3.53. The van der Waals surface area contributed by atoms with Gasteiger partial charge >= 0.3 is 0 Å². The predicted octanol–water partition coefficient (Wildman–Crippen LogP) is 3.21. The molecule has 1 aliphatic rings. The zero-order chi connectivity index (χ0) is 19.7. The fourth-order valence-electron chi connectivity index (χ4n) is 3.32. The van der Waals surface area contributed by atoms with Crippen LogP contribution >= 0.6 is 15.9 Å². The van der Waals surface area contributed by atoms with E-state index in [0.717, 1.165) is 39.1 Å². The van der Waals surface area contributed by atoms with E-state index in [1.165, 1.54) is 0 Å². The van der Waals surface area contributed by atoms with Crippen LogP contribution in [-0.2, 0) is 4.79 Å². The Morgan fingerprint density at radius 2 is 2.14 bits per heavy atom. The van der Waals surface area contributed by atoms with E-state index in [1.54, 1.807) is 6.20 Å². The Balaban J connectivity index is 1.70. The minimum Gasteiger partial charge on any atom is -0.363 e. The normalized spacial score (nSPS) is 15.4. The molecule has 1 atom stereocenters. The lowest BCUT2D eigenvalue weighted by Gasteiger charge is -2.27. The number of hydrogen-bond donors (Lipinski definition) is 2. The molecule has 8 heteroatoms. The predicted molar refractivity (Wildman–Crippen MR) is 113 cm³/mol. The van der Waals surface area contributed by atoms with Gasteiger partial charge in [-0.05, 0) is 37.6 Å². The smallest absolute Gasteiger partial charge is 0.239 e. The van der Waals surface area contributed by atoms with Crippen LogP contribution in [0.25, 0.3) is 10.9 Å². The van der Waals surface area contributed by atoms with E-state index >= 15 is 0 Å². The number of carbonyl (C=O) groups excluding carboxylic acids is 1. The van der Waals surface area contributed by atoms with Crippen molar-refractivity contribution in [1.82, 2.24) is 20.3 Å². The zero-order valence-electron chi connectivity index (χ0n) is 15.7. The largest absolute Gasteiger partial charge is 0.363 e. The summed E-state index contributed by atoms with van der Waals surface area (Å²) in [6, 6.07) is 10.2. The third kappa shape index (κ3) is 3.91. The summed E-state index contributed by atoms with van der Waals surface area (Å²) in [4.78, 5) is 27.4.